The Labute approximate surface area is 103 Å². The SMILES string of the molecule is CC(C)CCCOc1cccc(F)c1[C@H](C)N. The summed E-state index contributed by atoms with van der Waals surface area (Å²) in [6, 6.07) is 4.49. The summed E-state index contributed by atoms with van der Waals surface area (Å²) in [7, 11) is 0. The van der Waals surface area contributed by atoms with Crippen LogP contribution < -0.4 is 10.5 Å². The first-order chi connectivity index (χ1) is 8.02. The van der Waals surface area contributed by atoms with Crippen molar-refractivity contribution >= 4 is 0 Å². The third-order valence-corrected chi connectivity index (χ3v) is 2.65. The maximum atomic E-state index is 13.6. The second-order valence-electron chi connectivity index (χ2n) is 4.82. The molecule has 0 heterocycles. The summed E-state index contributed by atoms with van der Waals surface area (Å²) in [4.78, 5) is 0. The van der Waals surface area contributed by atoms with E-state index in [1.807, 2.05) is 0 Å². The van der Waals surface area contributed by atoms with Crippen molar-refractivity contribution in [2.75, 3.05) is 6.61 Å². The van der Waals surface area contributed by atoms with Crippen LogP contribution in [-0.2, 0) is 0 Å². The zero-order valence-corrected chi connectivity index (χ0v) is 10.9. The minimum atomic E-state index is -0.351. The van der Waals surface area contributed by atoms with Crippen LogP contribution in [-0.4, -0.2) is 6.61 Å². The van der Waals surface area contributed by atoms with Crippen molar-refractivity contribution in [2.24, 2.45) is 11.7 Å². The van der Waals surface area contributed by atoms with Gasteiger partial charge in [0.05, 0.1) is 6.61 Å². The molecule has 1 aromatic rings. The number of nitrogens with two attached hydrogens (primary N) is 1. The van der Waals surface area contributed by atoms with Gasteiger partial charge in [0.15, 0.2) is 0 Å². The van der Waals surface area contributed by atoms with Crippen molar-refractivity contribution in [3.05, 3.63) is 29.6 Å². The molecule has 0 bridgehead atoms. The fraction of sp³-hybridized carbons (Fsp3) is 0.571. The number of hydrogen-bond acceptors (Lipinski definition) is 2. The van der Waals surface area contributed by atoms with Crippen LogP contribution in [0.25, 0.3) is 0 Å². The molecule has 0 aliphatic heterocycles. The van der Waals surface area contributed by atoms with Crippen molar-refractivity contribution in [3.63, 3.8) is 0 Å². The lowest BCUT2D eigenvalue weighted by Crippen LogP contribution is -2.11. The van der Waals surface area contributed by atoms with Gasteiger partial charge in [0, 0.05) is 11.6 Å². The second-order valence-corrected chi connectivity index (χ2v) is 4.82. The Hall–Kier alpha value is -1.09. The quantitative estimate of drug-likeness (QED) is 0.769. The monoisotopic (exact) mass is 239 g/mol. The van der Waals surface area contributed by atoms with Gasteiger partial charge in [0.1, 0.15) is 11.6 Å². The van der Waals surface area contributed by atoms with Crippen molar-refractivity contribution in [1.82, 2.24) is 0 Å². The average Bonchev–Trinajstić information content (AvgIpc) is 2.23. The van der Waals surface area contributed by atoms with E-state index >= 15 is 0 Å². The maximum Gasteiger partial charge on any atom is 0.131 e. The van der Waals surface area contributed by atoms with E-state index in [-0.39, 0.29) is 11.9 Å². The van der Waals surface area contributed by atoms with E-state index < -0.39 is 0 Å². The van der Waals surface area contributed by atoms with Gasteiger partial charge in [0.25, 0.3) is 0 Å². The predicted molar refractivity (Wildman–Crippen MR) is 68.6 cm³/mol. The summed E-state index contributed by atoms with van der Waals surface area (Å²) in [5, 5.41) is 0. The molecule has 17 heavy (non-hydrogen) atoms. The molecule has 0 aromatic heterocycles. The van der Waals surface area contributed by atoms with E-state index in [4.69, 9.17) is 10.5 Å². The Morgan fingerprint density at radius 2 is 2.00 bits per heavy atom. The van der Waals surface area contributed by atoms with E-state index in [1.54, 1.807) is 19.1 Å². The first-order valence-corrected chi connectivity index (χ1v) is 6.19. The smallest absolute Gasteiger partial charge is 0.131 e. The molecule has 0 amide bonds. The molecule has 96 valence electrons. The topological polar surface area (TPSA) is 35.2 Å². The average molecular weight is 239 g/mol. The van der Waals surface area contributed by atoms with E-state index in [0.29, 0.717) is 23.8 Å². The number of ether oxygens (including phenoxy) is 1. The highest BCUT2D eigenvalue weighted by Gasteiger charge is 2.13. The summed E-state index contributed by atoms with van der Waals surface area (Å²) in [5.74, 6) is 0.948. The Balaban J connectivity index is 2.61. The molecule has 2 N–H and O–H groups in total. The lowest BCUT2D eigenvalue weighted by Gasteiger charge is -2.15. The van der Waals surface area contributed by atoms with Crippen LogP contribution in [0.5, 0.6) is 5.75 Å². The largest absolute Gasteiger partial charge is 0.493 e. The molecule has 1 atom stereocenters. The third-order valence-electron chi connectivity index (χ3n) is 2.65. The van der Waals surface area contributed by atoms with E-state index in [9.17, 15) is 4.39 Å². The lowest BCUT2D eigenvalue weighted by atomic mass is 10.1. The van der Waals surface area contributed by atoms with E-state index in [1.165, 1.54) is 6.07 Å². The molecule has 1 rings (SSSR count). The van der Waals surface area contributed by atoms with Gasteiger partial charge in [0.2, 0.25) is 0 Å². The highest BCUT2D eigenvalue weighted by Crippen LogP contribution is 2.26. The number of halogens is 1. The van der Waals surface area contributed by atoms with Crippen LogP contribution in [0.2, 0.25) is 0 Å². The summed E-state index contributed by atoms with van der Waals surface area (Å²) < 4.78 is 19.2. The molecule has 0 spiro atoms. The van der Waals surface area contributed by atoms with Gasteiger partial charge in [-0.05, 0) is 37.8 Å². The molecule has 2 nitrogen and oxygen atoms in total. The van der Waals surface area contributed by atoms with Crippen LogP contribution in [0.3, 0.4) is 0 Å². The minimum Gasteiger partial charge on any atom is -0.493 e. The first-order valence-electron chi connectivity index (χ1n) is 6.19. The normalized spacial score (nSPS) is 12.8. The van der Waals surface area contributed by atoms with Crippen LogP contribution in [0, 0.1) is 11.7 Å². The summed E-state index contributed by atoms with van der Waals surface area (Å²) >= 11 is 0. The highest BCUT2D eigenvalue weighted by atomic mass is 19.1. The van der Waals surface area contributed by atoms with Gasteiger partial charge >= 0.3 is 0 Å². The molecule has 1 aromatic carbocycles. The Bertz CT molecular complexity index is 350. The van der Waals surface area contributed by atoms with Crippen molar-refractivity contribution in [3.8, 4) is 5.75 Å². The van der Waals surface area contributed by atoms with Gasteiger partial charge in [-0.1, -0.05) is 19.9 Å². The molecule has 0 aliphatic rings. The molecule has 3 heteroatoms. The standard InChI is InChI=1S/C14H22FNO/c1-10(2)6-5-9-17-13-8-4-7-12(15)14(13)11(3)16/h4,7-8,10-11H,5-6,9,16H2,1-3H3/t11-/m0/s1. The molecule has 0 saturated heterocycles. The molecule has 0 fully saturated rings. The Morgan fingerprint density at radius 3 is 2.59 bits per heavy atom. The van der Waals surface area contributed by atoms with Gasteiger partial charge in [-0.15, -0.1) is 0 Å². The van der Waals surface area contributed by atoms with Gasteiger partial charge < -0.3 is 10.5 Å². The molecule has 0 unspecified atom stereocenters. The zero-order valence-electron chi connectivity index (χ0n) is 10.9. The predicted octanol–water partition coefficient (Wildman–Crippen LogP) is 3.66. The molecule has 0 saturated carbocycles. The van der Waals surface area contributed by atoms with Crippen LogP contribution in [0.1, 0.15) is 45.2 Å². The van der Waals surface area contributed by atoms with Crippen molar-refractivity contribution in [1.29, 1.82) is 0 Å². The van der Waals surface area contributed by atoms with Crippen LogP contribution >= 0.6 is 0 Å². The molecular weight excluding hydrogens is 217 g/mol. The number of rotatable bonds is 6. The number of benzene rings is 1. The minimum absolute atomic E-state index is 0.290. The number of hydrogen-bond donors (Lipinski definition) is 1. The highest BCUT2D eigenvalue weighted by molar-refractivity contribution is 5.36. The van der Waals surface area contributed by atoms with Gasteiger partial charge in [-0.25, -0.2) is 4.39 Å². The van der Waals surface area contributed by atoms with E-state index in [2.05, 4.69) is 13.8 Å². The fourth-order valence-corrected chi connectivity index (χ4v) is 1.76. The lowest BCUT2D eigenvalue weighted by molar-refractivity contribution is 0.291. The summed E-state index contributed by atoms with van der Waals surface area (Å²) in [5.41, 5.74) is 6.22. The molecule has 0 aliphatic carbocycles. The van der Waals surface area contributed by atoms with Gasteiger partial charge in [-0.2, -0.15) is 0 Å². The Morgan fingerprint density at radius 1 is 1.29 bits per heavy atom. The first kappa shape index (κ1) is 14.0. The van der Waals surface area contributed by atoms with Crippen LogP contribution in [0.15, 0.2) is 18.2 Å². The van der Waals surface area contributed by atoms with Crippen LogP contribution in [0.4, 0.5) is 4.39 Å². The van der Waals surface area contributed by atoms with E-state index in [0.717, 1.165) is 12.8 Å². The van der Waals surface area contributed by atoms with Crippen molar-refractivity contribution in [2.45, 2.75) is 39.7 Å². The summed E-state index contributed by atoms with van der Waals surface area (Å²) in [6.07, 6.45) is 2.09. The molecule has 0 radical (unpaired) electrons. The third kappa shape index (κ3) is 4.35. The fourth-order valence-electron chi connectivity index (χ4n) is 1.76. The van der Waals surface area contributed by atoms with Crippen molar-refractivity contribution < 1.29 is 9.13 Å². The molecular formula is C14H22FNO. The Kier molecular flexibility index (Phi) is 5.42. The summed E-state index contributed by atoms with van der Waals surface area (Å²) in [6.45, 7) is 6.73. The maximum absolute atomic E-state index is 13.6. The second kappa shape index (κ2) is 6.60. The van der Waals surface area contributed by atoms with Gasteiger partial charge in [-0.3, -0.25) is 0 Å². The zero-order chi connectivity index (χ0) is 12.8.